The van der Waals surface area contributed by atoms with Gasteiger partial charge in [0.15, 0.2) is 0 Å². The van der Waals surface area contributed by atoms with Crippen molar-refractivity contribution in [2.45, 2.75) is 38.4 Å². The van der Waals surface area contributed by atoms with Crippen LogP contribution in [0.5, 0.6) is 0 Å². The van der Waals surface area contributed by atoms with Crippen molar-refractivity contribution >= 4 is 11.3 Å². The van der Waals surface area contributed by atoms with Gasteiger partial charge in [0.25, 0.3) is 0 Å². The van der Waals surface area contributed by atoms with E-state index < -0.39 is 0 Å². The molecule has 0 spiro atoms. The topological polar surface area (TPSA) is 30.3 Å². The number of nitrogens with zero attached hydrogens (tertiary/aromatic N) is 3. The van der Waals surface area contributed by atoms with Crippen molar-refractivity contribution in [2.24, 2.45) is 5.92 Å². The molecule has 0 amide bonds. The first-order valence-corrected chi connectivity index (χ1v) is 9.04. The van der Waals surface area contributed by atoms with E-state index in [0.29, 0.717) is 5.92 Å². The number of ether oxygens (including phenoxy) is 1. The Bertz CT molecular complexity index is 618. The normalized spacial score (nSPS) is 22.0. The van der Waals surface area contributed by atoms with Gasteiger partial charge < -0.3 is 4.74 Å². The Morgan fingerprint density at radius 2 is 2.32 bits per heavy atom. The zero-order valence-corrected chi connectivity index (χ0v) is 13.9. The summed E-state index contributed by atoms with van der Waals surface area (Å²) in [4.78, 5) is 2.50. The molecule has 0 saturated heterocycles. The van der Waals surface area contributed by atoms with Crippen molar-refractivity contribution in [3.63, 3.8) is 0 Å². The second-order valence-corrected chi connectivity index (χ2v) is 7.43. The van der Waals surface area contributed by atoms with Crippen LogP contribution in [-0.2, 0) is 24.4 Å². The third kappa shape index (κ3) is 3.12. The first-order chi connectivity index (χ1) is 10.8. The first kappa shape index (κ1) is 14.4. The van der Waals surface area contributed by atoms with Crippen molar-refractivity contribution < 1.29 is 4.74 Å². The van der Waals surface area contributed by atoms with Crippen LogP contribution in [0.4, 0.5) is 0 Å². The van der Waals surface area contributed by atoms with E-state index >= 15 is 0 Å². The van der Waals surface area contributed by atoms with Crippen LogP contribution in [0, 0.1) is 5.92 Å². The average Bonchev–Trinajstić information content (AvgIpc) is 2.98. The number of aromatic nitrogens is 2. The summed E-state index contributed by atoms with van der Waals surface area (Å²) in [6.45, 7) is 4.91. The molecule has 1 aliphatic heterocycles. The molecule has 118 valence electrons. The van der Waals surface area contributed by atoms with Gasteiger partial charge in [0.1, 0.15) is 0 Å². The Balaban J connectivity index is 1.53. The van der Waals surface area contributed by atoms with Crippen molar-refractivity contribution in [2.75, 3.05) is 20.3 Å². The maximum absolute atomic E-state index is 5.46. The van der Waals surface area contributed by atoms with Gasteiger partial charge in [-0.2, -0.15) is 16.4 Å². The number of hydrogen-bond acceptors (Lipinski definition) is 4. The molecule has 4 nitrogen and oxygen atoms in total. The summed E-state index contributed by atoms with van der Waals surface area (Å²) in [6.07, 6.45) is 5.02. The van der Waals surface area contributed by atoms with E-state index in [0.717, 1.165) is 38.7 Å². The molecule has 4 rings (SSSR count). The highest BCUT2D eigenvalue weighted by Gasteiger charge is 2.29. The molecule has 1 atom stereocenters. The molecular formula is C17H23N3OS. The van der Waals surface area contributed by atoms with Gasteiger partial charge >= 0.3 is 0 Å². The molecule has 1 aliphatic carbocycles. The highest BCUT2D eigenvalue weighted by Crippen LogP contribution is 2.33. The minimum absolute atomic E-state index is 0.445. The van der Waals surface area contributed by atoms with E-state index in [2.05, 4.69) is 32.6 Å². The van der Waals surface area contributed by atoms with Crippen molar-refractivity contribution in [1.82, 2.24) is 14.7 Å². The number of fused-ring (bicyclic) bond motifs is 1. The van der Waals surface area contributed by atoms with Crippen LogP contribution < -0.4 is 0 Å². The number of thiophene rings is 1. The van der Waals surface area contributed by atoms with E-state index in [1.54, 1.807) is 18.4 Å². The van der Waals surface area contributed by atoms with Crippen LogP contribution in [-0.4, -0.2) is 34.9 Å². The molecule has 2 aromatic rings. The fourth-order valence-electron chi connectivity index (χ4n) is 3.39. The Morgan fingerprint density at radius 3 is 3.05 bits per heavy atom. The minimum Gasteiger partial charge on any atom is -0.384 e. The second kappa shape index (κ2) is 6.14. The van der Waals surface area contributed by atoms with Gasteiger partial charge in [0.2, 0.25) is 0 Å². The SMILES string of the molecule is COC[C@@H]1CN(Cc2ccsc2)Cc2nn(CC3CC3)cc21. The van der Waals surface area contributed by atoms with E-state index in [9.17, 15) is 0 Å². The lowest BCUT2D eigenvalue weighted by Gasteiger charge is -2.31. The maximum Gasteiger partial charge on any atom is 0.0801 e. The molecule has 0 aromatic carbocycles. The Kier molecular flexibility index (Phi) is 4.03. The monoisotopic (exact) mass is 317 g/mol. The zero-order chi connectivity index (χ0) is 14.9. The predicted octanol–water partition coefficient (Wildman–Crippen LogP) is 3.10. The molecule has 2 aliphatic rings. The number of rotatable bonds is 6. The van der Waals surface area contributed by atoms with E-state index in [1.165, 1.54) is 29.7 Å². The van der Waals surface area contributed by atoms with Gasteiger partial charge in [-0.15, -0.1) is 0 Å². The molecule has 0 unspecified atom stereocenters. The smallest absolute Gasteiger partial charge is 0.0801 e. The quantitative estimate of drug-likeness (QED) is 0.820. The van der Waals surface area contributed by atoms with Gasteiger partial charge in [-0.1, -0.05) is 0 Å². The number of hydrogen-bond donors (Lipinski definition) is 0. The fraction of sp³-hybridized carbons (Fsp3) is 0.588. The Labute approximate surface area is 135 Å². The van der Waals surface area contributed by atoms with Crippen LogP contribution in [0.2, 0.25) is 0 Å². The average molecular weight is 317 g/mol. The largest absolute Gasteiger partial charge is 0.384 e. The summed E-state index contributed by atoms with van der Waals surface area (Å²) in [7, 11) is 1.80. The molecule has 1 saturated carbocycles. The summed E-state index contributed by atoms with van der Waals surface area (Å²) in [5, 5.41) is 9.26. The first-order valence-electron chi connectivity index (χ1n) is 8.10. The lowest BCUT2D eigenvalue weighted by atomic mass is 9.95. The summed E-state index contributed by atoms with van der Waals surface area (Å²) in [6, 6.07) is 2.22. The third-order valence-corrected chi connectivity index (χ3v) is 5.39. The van der Waals surface area contributed by atoms with Crippen LogP contribution in [0.3, 0.4) is 0 Å². The molecular weight excluding hydrogens is 294 g/mol. The zero-order valence-electron chi connectivity index (χ0n) is 13.1. The van der Waals surface area contributed by atoms with Crippen LogP contribution in [0.1, 0.15) is 35.6 Å². The van der Waals surface area contributed by atoms with Gasteiger partial charge in [0, 0.05) is 51.0 Å². The van der Waals surface area contributed by atoms with Crippen molar-refractivity contribution in [3.8, 4) is 0 Å². The summed E-state index contributed by atoms with van der Waals surface area (Å²) in [5.41, 5.74) is 4.07. The third-order valence-electron chi connectivity index (χ3n) is 4.66. The van der Waals surface area contributed by atoms with Crippen LogP contribution >= 0.6 is 11.3 Å². The molecule has 1 fully saturated rings. The lowest BCUT2D eigenvalue weighted by molar-refractivity contribution is 0.135. The molecule has 2 aromatic heterocycles. The molecule has 0 radical (unpaired) electrons. The predicted molar refractivity (Wildman–Crippen MR) is 88.0 cm³/mol. The van der Waals surface area contributed by atoms with Gasteiger partial charge in [0.05, 0.1) is 12.3 Å². The van der Waals surface area contributed by atoms with Crippen LogP contribution in [0.25, 0.3) is 0 Å². The van der Waals surface area contributed by atoms with Gasteiger partial charge in [-0.05, 0) is 41.1 Å². The molecule has 0 bridgehead atoms. The van der Waals surface area contributed by atoms with E-state index in [1.807, 2.05) is 0 Å². The summed E-state index contributed by atoms with van der Waals surface area (Å²) < 4.78 is 7.64. The Hall–Kier alpha value is -1.17. The van der Waals surface area contributed by atoms with Crippen LogP contribution in [0.15, 0.2) is 23.0 Å². The van der Waals surface area contributed by atoms with E-state index in [-0.39, 0.29) is 0 Å². The lowest BCUT2D eigenvalue weighted by Crippen LogP contribution is -2.34. The van der Waals surface area contributed by atoms with E-state index in [4.69, 9.17) is 9.84 Å². The molecule has 3 heterocycles. The Morgan fingerprint density at radius 1 is 1.41 bits per heavy atom. The standard InChI is InChI=1S/C17H23N3OS/c1-21-11-15-8-19(6-14-4-5-22-12-14)10-17-16(15)9-20(18-17)7-13-2-3-13/h4-5,9,12-13,15H,2-3,6-8,10-11H2,1H3/t15-/m0/s1. The second-order valence-electron chi connectivity index (χ2n) is 6.65. The highest BCUT2D eigenvalue weighted by atomic mass is 32.1. The number of methoxy groups -OCH3 is 1. The molecule has 0 N–H and O–H groups in total. The highest BCUT2D eigenvalue weighted by molar-refractivity contribution is 7.07. The molecule has 22 heavy (non-hydrogen) atoms. The molecule has 5 heteroatoms. The van der Waals surface area contributed by atoms with Crippen molar-refractivity contribution in [3.05, 3.63) is 39.8 Å². The van der Waals surface area contributed by atoms with Crippen molar-refractivity contribution in [1.29, 1.82) is 0 Å². The van der Waals surface area contributed by atoms with Gasteiger partial charge in [-0.3, -0.25) is 9.58 Å². The summed E-state index contributed by atoms with van der Waals surface area (Å²) in [5.74, 6) is 1.31. The summed E-state index contributed by atoms with van der Waals surface area (Å²) >= 11 is 1.77. The minimum atomic E-state index is 0.445. The fourth-order valence-corrected chi connectivity index (χ4v) is 4.05. The van der Waals surface area contributed by atoms with Gasteiger partial charge in [-0.25, -0.2) is 0 Å². The maximum atomic E-state index is 5.46.